The van der Waals surface area contributed by atoms with Gasteiger partial charge in [-0.1, -0.05) is 24.3 Å². The molecule has 1 atom stereocenters. The third-order valence-electron chi connectivity index (χ3n) is 4.73. The molecule has 9 heteroatoms. The number of sulfonamides is 1. The molecule has 0 saturated carbocycles. The standard InChI is InChI=1S/C20H22BrN3O4S/c1-29(27,28)24-12-6-7-14(13-24)22-20(26)16-9-3-5-11-18(16)23-19(25)15-8-2-4-10-17(15)21/h2-5,8-11,14H,6-7,12-13H2,1H3,(H,22,26)(H,23,25). The van der Waals surface area contributed by atoms with Crippen molar-refractivity contribution in [2.24, 2.45) is 0 Å². The molecule has 0 bridgehead atoms. The highest BCUT2D eigenvalue weighted by molar-refractivity contribution is 9.10. The van der Waals surface area contributed by atoms with Crippen LogP contribution in [0, 0.1) is 0 Å². The van der Waals surface area contributed by atoms with Crippen molar-refractivity contribution < 1.29 is 18.0 Å². The molecule has 0 aromatic heterocycles. The van der Waals surface area contributed by atoms with Crippen molar-refractivity contribution >= 4 is 43.5 Å². The minimum Gasteiger partial charge on any atom is -0.348 e. The summed E-state index contributed by atoms with van der Waals surface area (Å²) in [7, 11) is -3.30. The number of halogens is 1. The van der Waals surface area contributed by atoms with E-state index in [1.807, 2.05) is 6.07 Å². The molecule has 154 valence electrons. The first-order valence-electron chi connectivity index (χ1n) is 9.16. The van der Waals surface area contributed by atoms with E-state index in [-0.39, 0.29) is 24.4 Å². The minimum absolute atomic E-state index is 0.246. The van der Waals surface area contributed by atoms with Gasteiger partial charge in [-0.3, -0.25) is 9.59 Å². The fourth-order valence-corrected chi connectivity index (χ4v) is 4.63. The van der Waals surface area contributed by atoms with E-state index >= 15 is 0 Å². The third kappa shape index (κ3) is 5.43. The summed E-state index contributed by atoms with van der Waals surface area (Å²) in [6.07, 6.45) is 2.55. The maximum absolute atomic E-state index is 12.8. The van der Waals surface area contributed by atoms with Gasteiger partial charge in [0.1, 0.15) is 0 Å². The molecular formula is C20H22BrN3O4S. The molecule has 7 nitrogen and oxygen atoms in total. The number of para-hydroxylation sites is 1. The maximum atomic E-state index is 12.8. The fourth-order valence-electron chi connectivity index (χ4n) is 3.25. The van der Waals surface area contributed by atoms with E-state index in [1.54, 1.807) is 42.5 Å². The Hall–Kier alpha value is -2.23. The average Bonchev–Trinajstić information content (AvgIpc) is 2.68. The highest BCUT2D eigenvalue weighted by atomic mass is 79.9. The first-order chi connectivity index (χ1) is 13.8. The van der Waals surface area contributed by atoms with Crippen LogP contribution in [0.25, 0.3) is 0 Å². The van der Waals surface area contributed by atoms with Crippen LogP contribution in [0.15, 0.2) is 53.0 Å². The number of benzene rings is 2. The second-order valence-electron chi connectivity index (χ2n) is 6.91. The molecule has 2 aromatic rings. The van der Waals surface area contributed by atoms with Crippen LogP contribution in [0.3, 0.4) is 0 Å². The first kappa shape index (κ1) is 21.5. The molecule has 3 rings (SSSR count). The Morgan fingerprint density at radius 2 is 1.69 bits per heavy atom. The molecule has 1 saturated heterocycles. The van der Waals surface area contributed by atoms with Crippen LogP contribution in [-0.2, 0) is 10.0 Å². The van der Waals surface area contributed by atoms with Crippen LogP contribution in [0.4, 0.5) is 5.69 Å². The van der Waals surface area contributed by atoms with Gasteiger partial charge in [-0.05, 0) is 53.0 Å². The number of hydrogen-bond acceptors (Lipinski definition) is 4. The zero-order valence-electron chi connectivity index (χ0n) is 15.9. The lowest BCUT2D eigenvalue weighted by molar-refractivity contribution is 0.0922. The van der Waals surface area contributed by atoms with Gasteiger partial charge in [0.2, 0.25) is 10.0 Å². The van der Waals surface area contributed by atoms with Gasteiger partial charge in [0.05, 0.1) is 23.1 Å². The molecule has 0 spiro atoms. The van der Waals surface area contributed by atoms with Gasteiger partial charge < -0.3 is 10.6 Å². The zero-order valence-corrected chi connectivity index (χ0v) is 18.3. The van der Waals surface area contributed by atoms with Crippen LogP contribution in [0.5, 0.6) is 0 Å². The predicted molar refractivity (Wildman–Crippen MR) is 115 cm³/mol. The Kier molecular flexibility index (Phi) is 6.71. The van der Waals surface area contributed by atoms with Gasteiger partial charge in [-0.2, -0.15) is 0 Å². The summed E-state index contributed by atoms with van der Waals surface area (Å²) in [6, 6.07) is 13.5. The Balaban J connectivity index is 1.74. The van der Waals surface area contributed by atoms with Crippen molar-refractivity contribution in [1.29, 1.82) is 0 Å². The molecule has 29 heavy (non-hydrogen) atoms. The van der Waals surface area contributed by atoms with E-state index in [9.17, 15) is 18.0 Å². The van der Waals surface area contributed by atoms with Crippen LogP contribution in [-0.4, -0.2) is 49.9 Å². The molecule has 1 aliphatic heterocycles. The van der Waals surface area contributed by atoms with Crippen molar-refractivity contribution in [3.8, 4) is 0 Å². The second kappa shape index (κ2) is 9.06. The van der Waals surface area contributed by atoms with Crippen molar-refractivity contribution in [2.45, 2.75) is 18.9 Å². The summed E-state index contributed by atoms with van der Waals surface area (Å²) in [5.74, 6) is -0.688. The van der Waals surface area contributed by atoms with E-state index in [4.69, 9.17) is 0 Å². The highest BCUT2D eigenvalue weighted by Gasteiger charge is 2.27. The number of piperidine rings is 1. The zero-order chi connectivity index (χ0) is 21.0. The smallest absolute Gasteiger partial charge is 0.256 e. The Morgan fingerprint density at radius 1 is 1.03 bits per heavy atom. The largest absolute Gasteiger partial charge is 0.348 e. The number of anilines is 1. The Bertz CT molecular complexity index is 1030. The van der Waals surface area contributed by atoms with E-state index in [0.717, 1.165) is 0 Å². The lowest BCUT2D eigenvalue weighted by Crippen LogP contribution is -2.49. The van der Waals surface area contributed by atoms with Gasteiger partial charge in [0.15, 0.2) is 0 Å². The number of nitrogens with one attached hydrogen (secondary N) is 2. The van der Waals surface area contributed by atoms with E-state index in [1.165, 1.54) is 10.6 Å². The van der Waals surface area contributed by atoms with Crippen molar-refractivity contribution in [1.82, 2.24) is 9.62 Å². The molecule has 1 unspecified atom stereocenters. The fraction of sp³-hybridized carbons (Fsp3) is 0.300. The monoisotopic (exact) mass is 479 g/mol. The first-order valence-corrected chi connectivity index (χ1v) is 11.8. The van der Waals surface area contributed by atoms with E-state index in [0.29, 0.717) is 40.7 Å². The molecule has 1 aliphatic rings. The van der Waals surface area contributed by atoms with Gasteiger partial charge in [-0.15, -0.1) is 0 Å². The van der Waals surface area contributed by atoms with Gasteiger partial charge in [-0.25, -0.2) is 12.7 Å². The molecule has 2 amide bonds. The molecule has 2 N–H and O–H groups in total. The summed E-state index contributed by atoms with van der Waals surface area (Å²) < 4.78 is 25.6. The highest BCUT2D eigenvalue weighted by Crippen LogP contribution is 2.21. The Morgan fingerprint density at radius 3 is 2.38 bits per heavy atom. The normalized spacial score (nSPS) is 17.5. The minimum atomic E-state index is -3.30. The SMILES string of the molecule is CS(=O)(=O)N1CCCC(NC(=O)c2ccccc2NC(=O)c2ccccc2Br)C1. The Labute approximate surface area is 178 Å². The molecular weight excluding hydrogens is 458 g/mol. The van der Waals surface area contributed by atoms with Crippen LogP contribution in [0.1, 0.15) is 33.6 Å². The predicted octanol–water partition coefficient (Wildman–Crippen LogP) is 2.86. The van der Waals surface area contributed by atoms with E-state index < -0.39 is 10.0 Å². The average molecular weight is 480 g/mol. The number of nitrogens with zero attached hydrogens (tertiary/aromatic N) is 1. The molecule has 1 fully saturated rings. The van der Waals surface area contributed by atoms with Crippen LogP contribution >= 0.6 is 15.9 Å². The topological polar surface area (TPSA) is 95.6 Å². The summed E-state index contributed by atoms with van der Waals surface area (Å²) in [5, 5.41) is 5.68. The van der Waals surface area contributed by atoms with Crippen LogP contribution in [0.2, 0.25) is 0 Å². The number of rotatable bonds is 5. The summed E-state index contributed by atoms with van der Waals surface area (Å²) in [6.45, 7) is 0.708. The summed E-state index contributed by atoms with van der Waals surface area (Å²) >= 11 is 3.35. The number of hydrogen-bond donors (Lipinski definition) is 2. The maximum Gasteiger partial charge on any atom is 0.256 e. The number of amides is 2. The molecule has 0 radical (unpaired) electrons. The van der Waals surface area contributed by atoms with E-state index in [2.05, 4.69) is 26.6 Å². The quantitative estimate of drug-likeness (QED) is 0.688. The summed E-state index contributed by atoms with van der Waals surface area (Å²) in [5.41, 5.74) is 1.17. The second-order valence-corrected chi connectivity index (χ2v) is 9.75. The molecule has 1 heterocycles. The lowest BCUT2D eigenvalue weighted by Gasteiger charge is -2.31. The lowest BCUT2D eigenvalue weighted by atomic mass is 10.1. The van der Waals surface area contributed by atoms with Crippen molar-refractivity contribution in [2.75, 3.05) is 24.7 Å². The number of carbonyl (C=O) groups excluding carboxylic acids is 2. The van der Waals surface area contributed by atoms with Gasteiger partial charge in [0.25, 0.3) is 11.8 Å². The summed E-state index contributed by atoms with van der Waals surface area (Å²) in [4.78, 5) is 25.4. The van der Waals surface area contributed by atoms with Crippen molar-refractivity contribution in [3.63, 3.8) is 0 Å². The number of carbonyl (C=O) groups is 2. The molecule has 0 aliphatic carbocycles. The van der Waals surface area contributed by atoms with Gasteiger partial charge >= 0.3 is 0 Å². The van der Waals surface area contributed by atoms with Gasteiger partial charge in [0, 0.05) is 23.6 Å². The van der Waals surface area contributed by atoms with Crippen molar-refractivity contribution in [3.05, 3.63) is 64.1 Å². The third-order valence-corrected chi connectivity index (χ3v) is 6.69. The van der Waals surface area contributed by atoms with Crippen LogP contribution < -0.4 is 10.6 Å². The molecule has 2 aromatic carbocycles.